The van der Waals surface area contributed by atoms with Gasteiger partial charge < -0.3 is 19.1 Å². The number of hydrogen-bond acceptors (Lipinski definition) is 8. The molecule has 0 radical (unpaired) electrons. The first kappa shape index (κ1) is 27.0. The lowest BCUT2D eigenvalue weighted by Gasteiger charge is -2.15. The van der Waals surface area contributed by atoms with Gasteiger partial charge in [0.05, 0.1) is 16.0 Å². The average Bonchev–Trinajstić information content (AvgIpc) is 2.79. The van der Waals surface area contributed by atoms with E-state index in [0.29, 0.717) is 5.75 Å². The van der Waals surface area contributed by atoms with Gasteiger partial charge in [0.25, 0.3) is 0 Å². The van der Waals surface area contributed by atoms with Crippen molar-refractivity contribution in [2.24, 2.45) is 0 Å². The Kier molecular flexibility index (Phi) is 8.08. The number of halogens is 3. The Morgan fingerprint density at radius 1 is 0.778 bits per heavy atom. The summed E-state index contributed by atoms with van der Waals surface area (Å²) < 4.78 is 46.6. The van der Waals surface area contributed by atoms with Crippen LogP contribution < -0.4 is 9.47 Å². The molecule has 4 aromatic carbocycles. The van der Waals surface area contributed by atoms with Crippen LogP contribution in [0.3, 0.4) is 0 Å². The molecule has 0 unspecified atom stereocenters. The summed E-state index contributed by atoms with van der Waals surface area (Å²) in [6, 6.07) is 16.5. The van der Waals surface area contributed by atoms with Crippen LogP contribution in [0.1, 0.15) is 20.7 Å². The molecule has 0 saturated heterocycles. The summed E-state index contributed by atoms with van der Waals surface area (Å²) in [5.41, 5.74) is 0.00866. The summed E-state index contributed by atoms with van der Waals surface area (Å²) >= 11 is 5.47. The number of fused-ring (bicyclic) bond motifs is 1. The Bertz CT molecular complexity index is 1610. The minimum atomic E-state index is -4.72. The van der Waals surface area contributed by atoms with Crippen LogP contribution in [0.25, 0.3) is 10.8 Å². The molecular weight excluding hydrogens is 829 g/mol. The van der Waals surface area contributed by atoms with Crippen LogP contribution in [0.15, 0.2) is 71.6 Å². The van der Waals surface area contributed by atoms with Gasteiger partial charge in [-0.25, -0.2) is 18.0 Å². The molecule has 0 heterocycles. The van der Waals surface area contributed by atoms with Gasteiger partial charge in [-0.15, -0.1) is 0 Å². The molecule has 0 saturated carbocycles. The number of carbonyl (C=O) groups is 2. The maximum absolute atomic E-state index is 13.2. The van der Waals surface area contributed by atoms with Crippen molar-refractivity contribution >= 4 is 101 Å². The highest BCUT2D eigenvalue weighted by atomic mass is 127. The Hall–Kier alpha value is -2.02. The Morgan fingerprint density at radius 2 is 1.33 bits per heavy atom. The fraction of sp³-hybridized carbons (Fsp3) is 0. The quantitative estimate of drug-likeness (QED) is 0.117. The number of hydrogen-bond donors (Lipinski definition) is 1. The molecule has 1 N–H and O–H groups in total. The molecule has 184 valence electrons. The number of phenolic OH excluding ortho intramolecular Hbond substituents is 1. The standard InChI is InChI=1S/C24H13I3O8S/c25-12-4-6-13(7-5-12)34-23(29)16-3-1-2-15-20(28)9-8-17(21(15)16)24(30)35-14-10-18(26)22(19(27)11-14)36(31,32)33/h1-11,28H,(H,31,32,33)/p-1. The molecule has 0 bridgehead atoms. The molecular formula is C24H12I3O8S-. The summed E-state index contributed by atoms with van der Waals surface area (Å²) in [5, 5.41) is 10.7. The smallest absolute Gasteiger partial charge is 0.344 e. The summed E-state index contributed by atoms with van der Waals surface area (Å²) in [5.74, 6) is -1.45. The van der Waals surface area contributed by atoms with Crippen LogP contribution in [0.5, 0.6) is 17.2 Å². The maximum Gasteiger partial charge on any atom is 0.344 e. The lowest BCUT2D eigenvalue weighted by molar-refractivity contribution is 0.0734. The van der Waals surface area contributed by atoms with E-state index in [1.54, 1.807) is 81.6 Å². The number of benzene rings is 4. The molecule has 0 aliphatic rings. The third-order valence-corrected chi connectivity index (χ3v) is 9.01. The summed E-state index contributed by atoms with van der Waals surface area (Å²) in [7, 11) is -4.72. The van der Waals surface area contributed by atoms with Gasteiger partial charge in [-0.3, -0.25) is 0 Å². The number of ether oxygens (including phenoxy) is 2. The van der Waals surface area contributed by atoms with E-state index in [9.17, 15) is 27.7 Å². The van der Waals surface area contributed by atoms with Crippen molar-refractivity contribution in [1.82, 2.24) is 0 Å². The van der Waals surface area contributed by atoms with Crippen molar-refractivity contribution < 1.29 is 37.1 Å². The predicted octanol–water partition coefficient (Wildman–Crippen LogP) is 5.70. The third kappa shape index (κ3) is 5.76. The molecule has 4 rings (SSSR count). The van der Waals surface area contributed by atoms with Gasteiger partial charge in [-0.1, -0.05) is 12.1 Å². The second-order valence-electron chi connectivity index (χ2n) is 7.26. The van der Waals surface area contributed by atoms with Gasteiger partial charge in [0.1, 0.15) is 27.4 Å². The van der Waals surface area contributed by atoms with Crippen molar-refractivity contribution in [2.45, 2.75) is 4.90 Å². The molecule has 0 aliphatic heterocycles. The highest BCUT2D eigenvalue weighted by Crippen LogP contribution is 2.33. The first-order valence-electron chi connectivity index (χ1n) is 9.85. The first-order valence-corrected chi connectivity index (χ1v) is 14.5. The minimum Gasteiger partial charge on any atom is -0.744 e. The highest BCUT2D eigenvalue weighted by Gasteiger charge is 2.23. The van der Waals surface area contributed by atoms with Gasteiger partial charge >= 0.3 is 11.9 Å². The van der Waals surface area contributed by atoms with Crippen molar-refractivity contribution in [1.29, 1.82) is 0 Å². The zero-order valence-electron chi connectivity index (χ0n) is 17.7. The number of carbonyl (C=O) groups excluding carboxylic acids is 2. The van der Waals surface area contributed by atoms with Gasteiger partial charge in [0.15, 0.2) is 0 Å². The highest BCUT2D eigenvalue weighted by molar-refractivity contribution is 14.1. The third-order valence-electron chi connectivity index (χ3n) is 4.91. The Balaban J connectivity index is 1.75. The molecule has 0 fully saturated rings. The lowest BCUT2D eigenvalue weighted by atomic mass is 9.98. The number of rotatable bonds is 5. The minimum absolute atomic E-state index is 0.00127. The van der Waals surface area contributed by atoms with Crippen molar-refractivity contribution in [3.63, 3.8) is 0 Å². The molecule has 0 aromatic heterocycles. The number of phenols is 1. The van der Waals surface area contributed by atoms with E-state index < -0.39 is 27.0 Å². The van der Waals surface area contributed by atoms with E-state index in [1.807, 2.05) is 0 Å². The van der Waals surface area contributed by atoms with Gasteiger partial charge in [-0.05, 0) is 122 Å². The Labute approximate surface area is 246 Å². The molecule has 0 aliphatic carbocycles. The van der Waals surface area contributed by atoms with Gasteiger partial charge in [-0.2, -0.15) is 0 Å². The van der Waals surface area contributed by atoms with Crippen LogP contribution in [-0.2, 0) is 10.1 Å². The first-order chi connectivity index (χ1) is 17.0. The normalized spacial score (nSPS) is 11.3. The van der Waals surface area contributed by atoms with Crippen LogP contribution in [0.2, 0.25) is 0 Å². The average molecular weight is 841 g/mol. The van der Waals surface area contributed by atoms with Crippen molar-refractivity contribution in [3.8, 4) is 17.2 Å². The van der Waals surface area contributed by atoms with Crippen molar-refractivity contribution in [2.75, 3.05) is 0 Å². The molecule has 8 nitrogen and oxygen atoms in total. The second kappa shape index (κ2) is 10.8. The summed E-state index contributed by atoms with van der Waals surface area (Å²) in [6.45, 7) is 0. The molecule has 0 spiro atoms. The monoisotopic (exact) mass is 841 g/mol. The van der Waals surface area contributed by atoms with E-state index in [1.165, 1.54) is 30.3 Å². The van der Waals surface area contributed by atoms with E-state index in [0.717, 1.165) is 3.57 Å². The van der Waals surface area contributed by atoms with Crippen LogP contribution in [-0.4, -0.2) is 30.0 Å². The summed E-state index contributed by atoms with van der Waals surface area (Å²) in [6.07, 6.45) is 0. The largest absolute Gasteiger partial charge is 0.744 e. The SMILES string of the molecule is O=C(Oc1ccc(I)cc1)c1cccc2c(O)ccc(C(=O)Oc3cc(I)c(S(=O)(=O)[O-])c(I)c3)c12. The van der Waals surface area contributed by atoms with Crippen LogP contribution in [0, 0.1) is 10.7 Å². The van der Waals surface area contributed by atoms with Gasteiger partial charge in [0, 0.05) is 21.5 Å². The predicted molar refractivity (Wildman–Crippen MR) is 155 cm³/mol. The molecule has 12 heteroatoms. The molecule has 4 aromatic rings. The maximum atomic E-state index is 13.2. The lowest BCUT2D eigenvalue weighted by Crippen LogP contribution is -2.14. The van der Waals surface area contributed by atoms with Crippen LogP contribution in [0.4, 0.5) is 0 Å². The van der Waals surface area contributed by atoms with Crippen molar-refractivity contribution in [3.05, 3.63) is 88.6 Å². The summed E-state index contributed by atoms with van der Waals surface area (Å²) in [4.78, 5) is 25.8. The molecule has 36 heavy (non-hydrogen) atoms. The van der Waals surface area contributed by atoms with E-state index in [-0.39, 0.29) is 40.5 Å². The Morgan fingerprint density at radius 3 is 1.92 bits per heavy atom. The van der Waals surface area contributed by atoms with Crippen LogP contribution >= 0.6 is 67.8 Å². The second-order valence-corrected chi connectivity index (χ2v) is 12.2. The topological polar surface area (TPSA) is 130 Å². The van der Waals surface area contributed by atoms with E-state index >= 15 is 0 Å². The van der Waals surface area contributed by atoms with E-state index in [2.05, 4.69) is 22.6 Å². The fourth-order valence-corrected chi connectivity index (χ4v) is 7.68. The van der Waals surface area contributed by atoms with E-state index in [4.69, 9.17) is 9.47 Å². The van der Waals surface area contributed by atoms with Gasteiger partial charge in [0.2, 0.25) is 0 Å². The zero-order chi connectivity index (χ0) is 26.2. The number of aromatic hydroxyl groups is 1. The molecule has 0 amide bonds. The zero-order valence-corrected chi connectivity index (χ0v) is 25.0. The molecule has 0 atom stereocenters. The number of esters is 2. The fourth-order valence-electron chi connectivity index (χ4n) is 3.39.